The van der Waals surface area contributed by atoms with Crippen molar-refractivity contribution in [2.24, 2.45) is 0 Å². The van der Waals surface area contributed by atoms with Gasteiger partial charge in [0.2, 0.25) is 0 Å². The number of hydrogen-bond donors (Lipinski definition) is 1. The maximum absolute atomic E-state index is 12.1. The molecule has 0 saturated carbocycles. The lowest BCUT2D eigenvalue weighted by molar-refractivity contribution is 0.102. The van der Waals surface area contributed by atoms with Gasteiger partial charge in [-0.15, -0.1) is 11.3 Å². The summed E-state index contributed by atoms with van der Waals surface area (Å²) in [4.78, 5) is 14.1. The van der Waals surface area contributed by atoms with Crippen molar-refractivity contribution < 1.29 is 4.79 Å². The monoisotopic (exact) mass is 402 g/mol. The zero-order chi connectivity index (χ0) is 14.0. The third-order valence-corrected chi connectivity index (χ3v) is 4.88. The molecule has 0 spiro atoms. The molecule has 100 valence electrons. The molecule has 1 heterocycles. The Morgan fingerprint density at radius 3 is 2.32 bits per heavy atom. The predicted molar refractivity (Wildman–Crippen MR) is 88.4 cm³/mol. The van der Waals surface area contributed by atoms with Crippen LogP contribution < -0.4 is 10.2 Å². The average Bonchev–Trinajstić information content (AvgIpc) is 2.69. The average molecular weight is 404 g/mol. The summed E-state index contributed by atoms with van der Waals surface area (Å²) in [5, 5.41) is 2.88. The third kappa shape index (κ3) is 3.58. The van der Waals surface area contributed by atoms with Crippen LogP contribution in [0.1, 0.15) is 10.4 Å². The van der Waals surface area contributed by atoms with Crippen molar-refractivity contribution in [2.75, 3.05) is 24.3 Å². The first-order chi connectivity index (χ1) is 8.97. The predicted octanol–water partition coefficient (Wildman–Crippen LogP) is 4.59. The van der Waals surface area contributed by atoms with Gasteiger partial charge in [0.05, 0.1) is 13.1 Å². The molecule has 0 atom stereocenters. The molecule has 2 aromatic rings. The van der Waals surface area contributed by atoms with Crippen LogP contribution in [0.2, 0.25) is 0 Å². The number of halogens is 2. The van der Waals surface area contributed by atoms with E-state index in [4.69, 9.17) is 0 Å². The standard InChI is InChI=1S/C13H12Br2N2OS/c1-17(2)9-5-3-8(4-6-9)16-13(18)10-7-11(14)19-12(10)15/h3-7H,1-2H3,(H,16,18). The van der Waals surface area contributed by atoms with Crippen molar-refractivity contribution >= 4 is 60.5 Å². The smallest absolute Gasteiger partial charge is 0.257 e. The van der Waals surface area contributed by atoms with Crippen LogP contribution in [0.5, 0.6) is 0 Å². The Morgan fingerprint density at radius 2 is 1.84 bits per heavy atom. The zero-order valence-corrected chi connectivity index (χ0v) is 14.4. The van der Waals surface area contributed by atoms with E-state index in [9.17, 15) is 4.79 Å². The number of rotatable bonds is 3. The largest absolute Gasteiger partial charge is 0.378 e. The van der Waals surface area contributed by atoms with E-state index < -0.39 is 0 Å². The Balaban J connectivity index is 2.13. The highest BCUT2D eigenvalue weighted by atomic mass is 79.9. The molecule has 0 bridgehead atoms. The number of anilines is 2. The van der Waals surface area contributed by atoms with Gasteiger partial charge in [-0.2, -0.15) is 0 Å². The first-order valence-electron chi connectivity index (χ1n) is 5.51. The molecule has 0 unspecified atom stereocenters. The molecular weight excluding hydrogens is 392 g/mol. The van der Waals surface area contributed by atoms with Gasteiger partial charge >= 0.3 is 0 Å². The number of thiophene rings is 1. The SMILES string of the molecule is CN(C)c1ccc(NC(=O)c2cc(Br)sc2Br)cc1. The summed E-state index contributed by atoms with van der Waals surface area (Å²) in [5.74, 6) is -0.119. The Morgan fingerprint density at radius 1 is 1.21 bits per heavy atom. The first kappa shape index (κ1) is 14.6. The summed E-state index contributed by atoms with van der Waals surface area (Å²) in [5.41, 5.74) is 2.51. The van der Waals surface area contributed by atoms with Crippen LogP contribution >= 0.6 is 43.2 Å². The van der Waals surface area contributed by atoms with Crippen LogP contribution in [0.25, 0.3) is 0 Å². The van der Waals surface area contributed by atoms with E-state index in [1.165, 1.54) is 11.3 Å². The lowest BCUT2D eigenvalue weighted by Crippen LogP contribution is -2.12. The van der Waals surface area contributed by atoms with Crippen LogP contribution in [0, 0.1) is 0 Å². The Kier molecular flexibility index (Phi) is 4.65. The van der Waals surface area contributed by atoms with Crippen molar-refractivity contribution in [1.82, 2.24) is 0 Å². The molecule has 1 aromatic carbocycles. The second-order valence-electron chi connectivity index (χ2n) is 4.13. The highest BCUT2D eigenvalue weighted by molar-refractivity contribution is 9.12. The summed E-state index contributed by atoms with van der Waals surface area (Å²) < 4.78 is 1.74. The van der Waals surface area contributed by atoms with Gasteiger partial charge in [-0.1, -0.05) is 0 Å². The maximum Gasteiger partial charge on any atom is 0.257 e. The molecule has 19 heavy (non-hydrogen) atoms. The number of nitrogens with one attached hydrogen (secondary N) is 1. The number of nitrogens with zero attached hydrogens (tertiary/aromatic N) is 1. The first-order valence-corrected chi connectivity index (χ1v) is 7.91. The molecule has 2 rings (SSSR count). The van der Waals surface area contributed by atoms with Crippen LogP contribution in [0.4, 0.5) is 11.4 Å². The minimum atomic E-state index is -0.119. The minimum Gasteiger partial charge on any atom is -0.378 e. The van der Waals surface area contributed by atoms with E-state index in [-0.39, 0.29) is 5.91 Å². The number of carbonyl (C=O) groups is 1. The van der Waals surface area contributed by atoms with E-state index in [1.807, 2.05) is 43.3 Å². The summed E-state index contributed by atoms with van der Waals surface area (Å²) in [6.45, 7) is 0. The Hall–Kier alpha value is -0.850. The minimum absolute atomic E-state index is 0.119. The molecule has 0 aliphatic heterocycles. The Labute approximate surface area is 132 Å². The van der Waals surface area contributed by atoms with Gasteiger partial charge in [0.15, 0.2) is 0 Å². The third-order valence-electron chi connectivity index (χ3n) is 2.54. The van der Waals surface area contributed by atoms with Gasteiger partial charge in [-0.25, -0.2) is 0 Å². The molecule has 1 amide bonds. The molecule has 0 aliphatic carbocycles. The quantitative estimate of drug-likeness (QED) is 0.812. The fourth-order valence-electron chi connectivity index (χ4n) is 1.54. The summed E-state index contributed by atoms with van der Waals surface area (Å²) >= 11 is 8.23. The lowest BCUT2D eigenvalue weighted by Gasteiger charge is -2.12. The van der Waals surface area contributed by atoms with Crippen molar-refractivity contribution in [3.8, 4) is 0 Å². The molecule has 0 radical (unpaired) electrons. The van der Waals surface area contributed by atoms with Crippen molar-refractivity contribution in [3.63, 3.8) is 0 Å². The van der Waals surface area contributed by atoms with E-state index >= 15 is 0 Å². The molecule has 1 aromatic heterocycles. The van der Waals surface area contributed by atoms with Gasteiger partial charge < -0.3 is 10.2 Å². The highest BCUT2D eigenvalue weighted by Crippen LogP contribution is 2.32. The number of hydrogen-bond acceptors (Lipinski definition) is 3. The summed E-state index contributed by atoms with van der Waals surface area (Å²) in [7, 11) is 3.96. The number of amides is 1. The van der Waals surface area contributed by atoms with Gasteiger partial charge in [0.25, 0.3) is 5.91 Å². The van der Waals surface area contributed by atoms with Crippen molar-refractivity contribution in [3.05, 3.63) is 43.5 Å². The van der Waals surface area contributed by atoms with Gasteiger partial charge in [-0.05, 0) is 62.2 Å². The van der Waals surface area contributed by atoms with E-state index in [0.717, 1.165) is 18.9 Å². The summed E-state index contributed by atoms with van der Waals surface area (Å²) in [6, 6.07) is 9.52. The van der Waals surface area contributed by atoms with E-state index in [1.54, 1.807) is 6.07 Å². The van der Waals surface area contributed by atoms with E-state index in [2.05, 4.69) is 37.2 Å². The second kappa shape index (κ2) is 6.07. The second-order valence-corrected chi connectivity index (χ2v) is 7.88. The van der Waals surface area contributed by atoms with Gasteiger partial charge in [0.1, 0.15) is 0 Å². The fraction of sp³-hybridized carbons (Fsp3) is 0.154. The molecule has 3 nitrogen and oxygen atoms in total. The van der Waals surface area contributed by atoms with Crippen LogP contribution in [-0.4, -0.2) is 20.0 Å². The van der Waals surface area contributed by atoms with Crippen molar-refractivity contribution in [2.45, 2.75) is 0 Å². The maximum atomic E-state index is 12.1. The van der Waals surface area contributed by atoms with Gasteiger partial charge in [-0.3, -0.25) is 4.79 Å². The molecule has 6 heteroatoms. The van der Waals surface area contributed by atoms with Crippen LogP contribution in [0.3, 0.4) is 0 Å². The normalized spacial score (nSPS) is 10.3. The number of carbonyl (C=O) groups excluding carboxylic acids is 1. The lowest BCUT2D eigenvalue weighted by atomic mass is 10.2. The summed E-state index contributed by atoms with van der Waals surface area (Å²) in [6.07, 6.45) is 0. The van der Waals surface area contributed by atoms with Crippen LogP contribution in [0.15, 0.2) is 37.9 Å². The van der Waals surface area contributed by atoms with E-state index in [0.29, 0.717) is 5.56 Å². The van der Waals surface area contributed by atoms with Crippen LogP contribution in [-0.2, 0) is 0 Å². The molecule has 0 aliphatic rings. The Bertz CT molecular complexity index is 593. The molecule has 0 saturated heterocycles. The molecule has 0 fully saturated rings. The number of benzene rings is 1. The zero-order valence-electron chi connectivity index (χ0n) is 10.4. The van der Waals surface area contributed by atoms with Crippen molar-refractivity contribution in [1.29, 1.82) is 0 Å². The highest BCUT2D eigenvalue weighted by Gasteiger charge is 2.13. The molecule has 1 N–H and O–H groups in total. The molecular formula is C13H12Br2N2OS. The van der Waals surface area contributed by atoms with Gasteiger partial charge in [0, 0.05) is 25.5 Å². The fourth-order valence-corrected chi connectivity index (χ4v) is 4.33. The topological polar surface area (TPSA) is 32.3 Å².